The van der Waals surface area contributed by atoms with Crippen molar-refractivity contribution in [3.8, 4) is 5.75 Å². The molecule has 1 N–H and O–H groups in total. The topological polar surface area (TPSA) is 84.9 Å². The molecule has 24 heavy (non-hydrogen) atoms. The molecule has 1 fully saturated rings. The lowest BCUT2D eigenvalue weighted by atomic mass is 10.3. The Morgan fingerprint density at radius 3 is 2.67 bits per heavy atom. The summed E-state index contributed by atoms with van der Waals surface area (Å²) in [6.07, 6.45) is 2.02. The molecule has 0 bridgehead atoms. The van der Waals surface area contributed by atoms with Crippen LogP contribution in [0.1, 0.15) is 12.8 Å². The summed E-state index contributed by atoms with van der Waals surface area (Å²) >= 11 is 6.07. The molecule has 0 aliphatic carbocycles. The third-order valence-corrected chi connectivity index (χ3v) is 5.38. The van der Waals surface area contributed by atoms with Gasteiger partial charge in [-0.3, -0.25) is 4.79 Å². The molecule has 1 aliphatic rings. The standard InChI is InChI=1S/C15H21ClN2O5S/c1-22-9-6-17-24(20,21)12-4-5-14(13(16)10-12)23-11-15(19)18-7-2-3-8-18/h4-5,10,17H,2-3,6-9,11H2,1H3. The van der Waals surface area contributed by atoms with E-state index in [0.717, 1.165) is 25.9 Å². The fourth-order valence-corrected chi connectivity index (χ4v) is 3.66. The van der Waals surface area contributed by atoms with Crippen LogP contribution in [-0.4, -0.2) is 59.2 Å². The minimum absolute atomic E-state index is 0.0295. The van der Waals surface area contributed by atoms with E-state index >= 15 is 0 Å². The van der Waals surface area contributed by atoms with Gasteiger partial charge < -0.3 is 14.4 Å². The summed E-state index contributed by atoms with van der Waals surface area (Å²) in [5.41, 5.74) is 0. The number of halogens is 1. The van der Waals surface area contributed by atoms with Gasteiger partial charge in [-0.25, -0.2) is 13.1 Å². The molecule has 0 radical (unpaired) electrons. The molecule has 1 aliphatic heterocycles. The highest BCUT2D eigenvalue weighted by Crippen LogP contribution is 2.27. The van der Waals surface area contributed by atoms with Gasteiger partial charge in [0.2, 0.25) is 10.0 Å². The summed E-state index contributed by atoms with van der Waals surface area (Å²) in [7, 11) is -2.17. The molecule has 7 nitrogen and oxygen atoms in total. The Balaban J connectivity index is 1.97. The number of rotatable bonds is 8. The molecule has 1 aromatic rings. The highest BCUT2D eigenvalue weighted by atomic mass is 35.5. The lowest BCUT2D eigenvalue weighted by molar-refractivity contribution is -0.132. The van der Waals surface area contributed by atoms with Gasteiger partial charge in [0.05, 0.1) is 16.5 Å². The molecule has 0 atom stereocenters. The number of benzene rings is 1. The van der Waals surface area contributed by atoms with Gasteiger partial charge in [-0.2, -0.15) is 0 Å². The second-order valence-electron chi connectivity index (χ2n) is 5.36. The Hall–Kier alpha value is -1.35. The van der Waals surface area contributed by atoms with Gasteiger partial charge in [0.1, 0.15) is 5.75 Å². The number of nitrogens with one attached hydrogen (secondary N) is 1. The van der Waals surface area contributed by atoms with Crippen LogP contribution < -0.4 is 9.46 Å². The van der Waals surface area contributed by atoms with E-state index in [-0.39, 0.29) is 41.3 Å². The first kappa shape index (κ1) is 19.0. The molecule has 1 heterocycles. The largest absolute Gasteiger partial charge is 0.482 e. The normalized spacial score (nSPS) is 14.8. The first-order chi connectivity index (χ1) is 11.4. The number of carbonyl (C=O) groups is 1. The van der Waals surface area contributed by atoms with E-state index in [1.54, 1.807) is 4.90 Å². The molecule has 0 aromatic heterocycles. The van der Waals surface area contributed by atoms with Crippen molar-refractivity contribution in [1.29, 1.82) is 0 Å². The molecule has 2 rings (SSSR count). The third-order valence-electron chi connectivity index (χ3n) is 3.62. The summed E-state index contributed by atoms with van der Waals surface area (Å²) in [6, 6.07) is 4.13. The van der Waals surface area contributed by atoms with Crippen LogP contribution in [0, 0.1) is 0 Å². The maximum absolute atomic E-state index is 12.1. The second kappa shape index (κ2) is 8.66. The summed E-state index contributed by atoms with van der Waals surface area (Å²) < 4.78 is 36.8. The van der Waals surface area contributed by atoms with Gasteiger partial charge in [-0.15, -0.1) is 0 Å². The van der Waals surface area contributed by atoms with Crippen molar-refractivity contribution >= 4 is 27.5 Å². The first-order valence-corrected chi connectivity index (χ1v) is 9.49. The van der Waals surface area contributed by atoms with Crippen LogP contribution in [-0.2, 0) is 19.6 Å². The highest BCUT2D eigenvalue weighted by Gasteiger charge is 2.19. The lowest BCUT2D eigenvalue weighted by Gasteiger charge is -2.16. The Labute approximate surface area is 146 Å². The van der Waals surface area contributed by atoms with E-state index in [9.17, 15) is 13.2 Å². The fourth-order valence-electron chi connectivity index (χ4n) is 2.32. The molecule has 1 aromatic carbocycles. The van der Waals surface area contributed by atoms with Crippen LogP contribution in [0.5, 0.6) is 5.75 Å². The fraction of sp³-hybridized carbons (Fsp3) is 0.533. The van der Waals surface area contributed by atoms with Crippen LogP contribution in [0.15, 0.2) is 23.1 Å². The van der Waals surface area contributed by atoms with Crippen molar-refractivity contribution in [3.05, 3.63) is 23.2 Å². The molecular weight excluding hydrogens is 356 g/mol. The summed E-state index contributed by atoms with van der Waals surface area (Å²) in [5.74, 6) is 0.182. The van der Waals surface area contributed by atoms with Gasteiger partial charge in [0.15, 0.2) is 6.61 Å². The van der Waals surface area contributed by atoms with Crippen molar-refractivity contribution in [1.82, 2.24) is 9.62 Å². The van der Waals surface area contributed by atoms with Crippen LogP contribution in [0.3, 0.4) is 0 Å². The Morgan fingerprint density at radius 1 is 1.33 bits per heavy atom. The lowest BCUT2D eigenvalue weighted by Crippen LogP contribution is -2.32. The van der Waals surface area contributed by atoms with E-state index in [1.165, 1.54) is 25.3 Å². The minimum atomic E-state index is -3.66. The zero-order chi connectivity index (χ0) is 17.6. The van der Waals surface area contributed by atoms with Crippen LogP contribution >= 0.6 is 11.6 Å². The zero-order valence-electron chi connectivity index (χ0n) is 13.5. The first-order valence-electron chi connectivity index (χ1n) is 7.63. The SMILES string of the molecule is COCCNS(=O)(=O)c1ccc(OCC(=O)N2CCCC2)c(Cl)c1. The van der Waals surface area contributed by atoms with E-state index < -0.39 is 10.0 Å². The van der Waals surface area contributed by atoms with Gasteiger partial charge >= 0.3 is 0 Å². The molecule has 134 valence electrons. The summed E-state index contributed by atoms with van der Waals surface area (Å²) in [5, 5.41) is 0.138. The summed E-state index contributed by atoms with van der Waals surface area (Å²) in [6.45, 7) is 1.82. The Kier molecular flexibility index (Phi) is 6.85. The zero-order valence-corrected chi connectivity index (χ0v) is 15.0. The number of ether oxygens (including phenoxy) is 2. The van der Waals surface area contributed by atoms with E-state index in [1.807, 2.05) is 0 Å². The van der Waals surface area contributed by atoms with Gasteiger partial charge in [-0.05, 0) is 31.0 Å². The van der Waals surface area contributed by atoms with Crippen molar-refractivity contribution < 1.29 is 22.7 Å². The number of amides is 1. The monoisotopic (exact) mass is 376 g/mol. The number of sulfonamides is 1. The third kappa shape index (κ3) is 5.07. The van der Waals surface area contributed by atoms with Gasteiger partial charge in [0.25, 0.3) is 5.91 Å². The van der Waals surface area contributed by atoms with Crippen molar-refractivity contribution in [2.24, 2.45) is 0 Å². The van der Waals surface area contributed by atoms with Crippen molar-refractivity contribution in [3.63, 3.8) is 0 Å². The molecule has 0 unspecified atom stereocenters. The van der Waals surface area contributed by atoms with Gasteiger partial charge in [-0.1, -0.05) is 11.6 Å². The summed E-state index contributed by atoms with van der Waals surface area (Å²) in [4.78, 5) is 13.7. The highest BCUT2D eigenvalue weighted by molar-refractivity contribution is 7.89. The molecule has 1 saturated heterocycles. The number of hydrogen-bond acceptors (Lipinski definition) is 5. The van der Waals surface area contributed by atoms with Crippen molar-refractivity contribution in [2.75, 3.05) is 40.0 Å². The minimum Gasteiger partial charge on any atom is -0.482 e. The van der Waals surface area contributed by atoms with Crippen LogP contribution in [0.2, 0.25) is 5.02 Å². The number of likely N-dealkylation sites (tertiary alicyclic amines) is 1. The maximum atomic E-state index is 12.1. The van der Waals surface area contributed by atoms with Crippen LogP contribution in [0.4, 0.5) is 0 Å². The number of nitrogens with zero attached hydrogens (tertiary/aromatic N) is 1. The van der Waals surface area contributed by atoms with Gasteiger partial charge in [0, 0.05) is 26.7 Å². The van der Waals surface area contributed by atoms with E-state index in [0.29, 0.717) is 0 Å². The Bertz CT molecular complexity index is 674. The van der Waals surface area contributed by atoms with E-state index in [4.69, 9.17) is 21.1 Å². The Morgan fingerprint density at radius 2 is 2.04 bits per heavy atom. The predicted molar refractivity (Wildman–Crippen MR) is 89.8 cm³/mol. The predicted octanol–water partition coefficient (Wildman–Crippen LogP) is 1.27. The average molecular weight is 377 g/mol. The number of carbonyl (C=O) groups excluding carboxylic acids is 1. The molecule has 0 spiro atoms. The molecular formula is C15H21ClN2O5S. The van der Waals surface area contributed by atoms with Crippen LogP contribution in [0.25, 0.3) is 0 Å². The van der Waals surface area contributed by atoms with Crippen molar-refractivity contribution in [2.45, 2.75) is 17.7 Å². The quantitative estimate of drug-likeness (QED) is 0.690. The maximum Gasteiger partial charge on any atom is 0.260 e. The second-order valence-corrected chi connectivity index (χ2v) is 7.53. The number of methoxy groups -OCH3 is 1. The smallest absolute Gasteiger partial charge is 0.260 e. The molecule has 9 heteroatoms. The number of hydrogen-bond donors (Lipinski definition) is 1. The average Bonchev–Trinajstić information content (AvgIpc) is 3.08. The molecule has 1 amide bonds. The van der Waals surface area contributed by atoms with E-state index in [2.05, 4.69) is 4.72 Å². The molecule has 0 saturated carbocycles.